The second-order valence-corrected chi connectivity index (χ2v) is 6.90. The number of carbonyl (C=O) groups is 1. The third-order valence-corrected chi connectivity index (χ3v) is 4.82. The maximum absolute atomic E-state index is 12.7. The van der Waals surface area contributed by atoms with Gasteiger partial charge in [0, 0.05) is 10.6 Å². The van der Waals surface area contributed by atoms with Gasteiger partial charge in [0.2, 0.25) is 17.7 Å². The number of carbonyl (C=O) groups excluding carboxylic acids is 1. The first-order chi connectivity index (χ1) is 14.2. The maximum Gasteiger partial charge on any atom is 0.247 e. The predicted molar refractivity (Wildman–Crippen MR) is 111 cm³/mol. The van der Waals surface area contributed by atoms with Crippen molar-refractivity contribution in [1.29, 1.82) is 0 Å². The number of hydrogen-bond acceptors (Lipinski definition) is 4. The first-order valence-electron chi connectivity index (χ1n) is 9.17. The molecule has 0 aliphatic rings. The summed E-state index contributed by atoms with van der Waals surface area (Å²) in [6, 6.07) is 25.8. The van der Waals surface area contributed by atoms with Crippen LogP contribution < -0.4 is 5.32 Å². The topological polar surface area (TPSA) is 68.0 Å². The van der Waals surface area contributed by atoms with Crippen molar-refractivity contribution in [3.8, 4) is 11.5 Å². The molecule has 0 saturated heterocycles. The minimum atomic E-state index is -0.559. The van der Waals surface area contributed by atoms with Crippen molar-refractivity contribution in [3.63, 3.8) is 0 Å². The van der Waals surface area contributed by atoms with E-state index in [0.29, 0.717) is 16.8 Å². The van der Waals surface area contributed by atoms with Gasteiger partial charge in [0.15, 0.2) is 0 Å². The number of amides is 1. The van der Waals surface area contributed by atoms with Gasteiger partial charge in [-0.3, -0.25) is 4.79 Å². The smallest absolute Gasteiger partial charge is 0.247 e. The van der Waals surface area contributed by atoms with E-state index >= 15 is 0 Å². The SMILES string of the molecule is O=C(Cc1ccccc1Cl)N[C@@H](c1ccccc1)c1nnc(-c2ccccc2)o1. The van der Waals surface area contributed by atoms with E-state index in [0.717, 1.165) is 16.7 Å². The highest BCUT2D eigenvalue weighted by Gasteiger charge is 2.23. The molecule has 0 spiro atoms. The van der Waals surface area contributed by atoms with Gasteiger partial charge in [-0.05, 0) is 29.3 Å². The molecule has 144 valence electrons. The van der Waals surface area contributed by atoms with Crippen LogP contribution in [0.4, 0.5) is 0 Å². The Bertz CT molecular complexity index is 1100. The lowest BCUT2D eigenvalue weighted by Gasteiger charge is -2.16. The van der Waals surface area contributed by atoms with Crippen LogP contribution in [0.3, 0.4) is 0 Å². The van der Waals surface area contributed by atoms with Crippen LogP contribution in [0, 0.1) is 0 Å². The van der Waals surface area contributed by atoms with Gasteiger partial charge in [-0.15, -0.1) is 10.2 Å². The summed E-state index contributed by atoms with van der Waals surface area (Å²) in [6.07, 6.45) is 0.155. The Kier molecular flexibility index (Phi) is 5.68. The molecule has 0 aliphatic carbocycles. The van der Waals surface area contributed by atoms with Gasteiger partial charge >= 0.3 is 0 Å². The molecule has 0 saturated carbocycles. The number of nitrogens with zero attached hydrogens (tertiary/aromatic N) is 2. The maximum atomic E-state index is 12.7. The molecule has 4 rings (SSSR count). The fraction of sp³-hybridized carbons (Fsp3) is 0.0870. The van der Waals surface area contributed by atoms with Gasteiger partial charge in [0.25, 0.3) is 0 Å². The Morgan fingerprint density at radius 3 is 2.28 bits per heavy atom. The molecule has 3 aromatic carbocycles. The Hall–Kier alpha value is -3.44. The summed E-state index contributed by atoms with van der Waals surface area (Å²) in [5, 5.41) is 11.9. The zero-order valence-electron chi connectivity index (χ0n) is 15.5. The molecule has 0 fully saturated rings. The van der Waals surface area contributed by atoms with Gasteiger partial charge in [-0.1, -0.05) is 78.3 Å². The van der Waals surface area contributed by atoms with E-state index in [4.69, 9.17) is 16.0 Å². The summed E-state index contributed by atoms with van der Waals surface area (Å²) in [6.45, 7) is 0. The van der Waals surface area contributed by atoms with Crippen molar-refractivity contribution in [2.45, 2.75) is 12.5 Å². The number of rotatable bonds is 6. The molecule has 1 heterocycles. The van der Waals surface area contributed by atoms with Crippen LogP contribution >= 0.6 is 11.6 Å². The third-order valence-electron chi connectivity index (χ3n) is 4.46. The molecule has 29 heavy (non-hydrogen) atoms. The van der Waals surface area contributed by atoms with E-state index in [2.05, 4.69) is 15.5 Å². The second kappa shape index (κ2) is 8.71. The molecule has 4 aromatic rings. The lowest BCUT2D eigenvalue weighted by atomic mass is 10.1. The normalized spacial score (nSPS) is 11.8. The van der Waals surface area contributed by atoms with Crippen LogP contribution in [0.1, 0.15) is 23.1 Å². The highest BCUT2D eigenvalue weighted by Crippen LogP contribution is 2.25. The number of aromatic nitrogens is 2. The molecular weight excluding hydrogens is 386 g/mol. The van der Waals surface area contributed by atoms with Gasteiger partial charge < -0.3 is 9.73 Å². The molecule has 1 aromatic heterocycles. The molecule has 0 aliphatic heterocycles. The van der Waals surface area contributed by atoms with Crippen molar-refractivity contribution < 1.29 is 9.21 Å². The van der Waals surface area contributed by atoms with Crippen molar-refractivity contribution in [1.82, 2.24) is 15.5 Å². The van der Waals surface area contributed by atoms with E-state index < -0.39 is 6.04 Å². The molecule has 0 bridgehead atoms. The van der Waals surface area contributed by atoms with Crippen LogP contribution in [0.2, 0.25) is 5.02 Å². The van der Waals surface area contributed by atoms with Crippen molar-refractivity contribution >= 4 is 17.5 Å². The minimum absolute atomic E-state index is 0.155. The van der Waals surface area contributed by atoms with Crippen LogP contribution in [-0.2, 0) is 11.2 Å². The highest BCUT2D eigenvalue weighted by atomic mass is 35.5. The van der Waals surface area contributed by atoms with Gasteiger partial charge in [0.1, 0.15) is 6.04 Å². The Labute approximate surface area is 173 Å². The Morgan fingerprint density at radius 1 is 0.897 bits per heavy atom. The van der Waals surface area contributed by atoms with Gasteiger partial charge in [-0.2, -0.15) is 0 Å². The lowest BCUT2D eigenvalue weighted by molar-refractivity contribution is -0.121. The zero-order chi connectivity index (χ0) is 20.1. The fourth-order valence-electron chi connectivity index (χ4n) is 3.01. The molecule has 6 heteroatoms. The molecule has 5 nitrogen and oxygen atoms in total. The van der Waals surface area contributed by atoms with Crippen LogP contribution in [0.15, 0.2) is 89.3 Å². The largest absolute Gasteiger partial charge is 0.418 e. The molecule has 1 atom stereocenters. The summed E-state index contributed by atoms with van der Waals surface area (Å²) >= 11 is 6.19. The Balaban J connectivity index is 1.60. The van der Waals surface area contributed by atoms with E-state index in [1.807, 2.05) is 78.9 Å². The summed E-state index contributed by atoms with van der Waals surface area (Å²) in [4.78, 5) is 12.7. The number of hydrogen-bond donors (Lipinski definition) is 1. The number of nitrogens with one attached hydrogen (secondary N) is 1. The average Bonchev–Trinajstić information content (AvgIpc) is 3.25. The van der Waals surface area contributed by atoms with E-state index in [9.17, 15) is 4.79 Å². The fourth-order valence-corrected chi connectivity index (χ4v) is 3.21. The van der Waals surface area contributed by atoms with E-state index in [1.165, 1.54) is 0 Å². The standard InChI is InChI=1S/C23H18ClN3O2/c24-19-14-8-7-13-18(19)15-20(28)25-21(16-9-3-1-4-10-16)23-27-26-22(29-23)17-11-5-2-6-12-17/h1-14,21H,15H2,(H,25,28)/t21-/m0/s1. The summed E-state index contributed by atoms with van der Waals surface area (Å²) in [5.41, 5.74) is 2.43. The first kappa shape index (κ1) is 18.9. The summed E-state index contributed by atoms with van der Waals surface area (Å²) in [5.74, 6) is 0.538. The van der Waals surface area contributed by atoms with Crippen molar-refractivity contribution in [2.24, 2.45) is 0 Å². The van der Waals surface area contributed by atoms with Crippen LogP contribution in [-0.4, -0.2) is 16.1 Å². The van der Waals surface area contributed by atoms with Crippen LogP contribution in [0.25, 0.3) is 11.5 Å². The highest BCUT2D eigenvalue weighted by molar-refractivity contribution is 6.31. The zero-order valence-corrected chi connectivity index (χ0v) is 16.2. The minimum Gasteiger partial charge on any atom is -0.418 e. The Morgan fingerprint density at radius 2 is 1.55 bits per heavy atom. The molecule has 1 N–H and O–H groups in total. The monoisotopic (exact) mass is 403 g/mol. The van der Waals surface area contributed by atoms with E-state index in [1.54, 1.807) is 6.07 Å². The quantitative estimate of drug-likeness (QED) is 0.500. The molecule has 1 amide bonds. The van der Waals surface area contributed by atoms with E-state index in [-0.39, 0.29) is 12.3 Å². The number of benzene rings is 3. The first-order valence-corrected chi connectivity index (χ1v) is 9.55. The second-order valence-electron chi connectivity index (χ2n) is 6.49. The van der Waals surface area contributed by atoms with Crippen molar-refractivity contribution in [3.05, 3.63) is 107 Å². The number of halogens is 1. The summed E-state index contributed by atoms with van der Waals surface area (Å²) < 4.78 is 5.90. The van der Waals surface area contributed by atoms with Crippen molar-refractivity contribution in [2.75, 3.05) is 0 Å². The van der Waals surface area contributed by atoms with Gasteiger partial charge in [-0.25, -0.2) is 0 Å². The molecule has 0 unspecified atom stereocenters. The molecular formula is C23H18ClN3O2. The average molecular weight is 404 g/mol. The van der Waals surface area contributed by atoms with Gasteiger partial charge in [0.05, 0.1) is 6.42 Å². The summed E-state index contributed by atoms with van der Waals surface area (Å²) in [7, 11) is 0. The van der Waals surface area contributed by atoms with Crippen LogP contribution in [0.5, 0.6) is 0 Å². The molecule has 0 radical (unpaired) electrons. The lowest BCUT2D eigenvalue weighted by Crippen LogP contribution is -2.31. The predicted octanol–water partition coefficient (Wildman–Crippen LogP) is 4.84. The third kappa shape index (κ3) is 4.52.